The minimum absolute atomic E-state index is 0.0565. The van der Waals surface area contributed by atoms with Gasteiger partial charge >= 0.3 is 5.97 Å². The van der Waals surface area contributed by atoms with Crippen molar-refractivity contribution in [3.63, 3.8) is 0 Å². The van der Waals surface area contributed by atoms with Crippen molar-refractivity contribution in [3.8, 4) is 11.5 Å². The van der Waals surface area contributed by atoms with E-state index in [-0.39, 0.29) is 6.61 Å². The highest BCUT2D eigenvalue weighted by atomic mass is 35.5. The number of para-hydroxylation sites is 1. The Morgan fingerprint density at radius 3 is 2.81 bits per heavy atom. The normalized spacial score (nSPS) is 13.1. The molecular formula is C21H16ClNO4. The molecule has 0 saturated carbocycles. The molecule has 2 aromatic carbocycles. The highest BCUT2D eigenvalue weighted by Gasteiger charge is 2.11. The molecule has 1 aliphatic rings. The van der Waals surface area contributed by atoms with E-state index < -0.39 is 5.97 Å². The molecule has 3 aromatic rings. The lowest BCUT2D eigenvalue weighted by Crippen LogP contribution is -2.15. The van der Waals surface area contributed by atoms with Crippen LogP contribution < -0.4 is 9.47 Å². The molecule has 6 heteroatoms. The van der Waals surface area contributed by atoms with Gasteiger partial charge in [0.2, 0.25) is 0 Å². The van der Waals surface area contributed by atoms with E-state index in [1.54, 1.807) is 6.08 Å². The summed E-state index contributed by atoms with van der Waals surface area (Å²) in [4.78, 5) is 16.3. The molecule has 0 unspecified atom stereocenters. The van der Waals surface area contributed by atoms with E-state index in [0.29, 0.717) is 35.4 Å². The van der Waals surface area contributed by atoms with Crippen LogP contribution in [0.5, 0.6) is 11.5 Å². The number of esters is 1. The van der Waals surface area contributed by atoms with Crippen LogP contribution in [0, 0.1) is 0 Å². The van der Waals surface area contributed by atoms with Gasteiger partial charge in [0.05, 0.1) is 5.52 Å². The zero-order valence-corrected chi connectivity index (χ0v) is 15.1. The average molecular weight is 382 g/mol. The molecule has 1 aliphatic heterocycles. The highest BCUT2D eigenvalue weighted by molar-refractivity contribution is 6.30. The summed E-state index contributed by atoms with van der Waals surface area (Å²) in [6.07, 6.45) is 3.04. The molecule has 0 saturated heterocycles. The van der Waals surface area contributed by atoms with E-state index in [1.807, 2.05) is 48.5 Å². The number of rotatable bonds is 4. The van der Waals surface area contributed by atoms with E-state index >= 15 is 0 Å². The Morgan fingerprint density at radius 1 is 1.11 bits per heavy atom. The second-order valence-corrected chi connectivity index (χ2v) is 6.33. The predicted octanol–water partition coefficient (Wildman–Crippen LogP) is 4.42. The van der Waals surface area contributed by atoms with Gasteiger partial charge in [0.15, 0.2) is 11.5 Å². The Labute approximate surface area is 161 Å². The number of hydrogen-bond donors (Lipinski definition) is 0. The fraction of sp³-hybridized carbons (Fsp3) is 0.143. The molecular weight excluding hydrogens is 366 g/mol. The van der Waals surface area contributed by atoms with Crippen molar-refractivity contribution >= 4 is 34.5 Å². The minimum Gasteiger partial charge on any atom is -0.486 e. The molecule has 0 radical (unpaired) electrons. The van der Waals surface area contributed by atoms with Crippen molar-refractivity contribution in [1.82, 2.24) is 4.98 Å². The second-order valence-electron chi connectivity index (χ2n) is 5.98. The first kappa shape index (κ1) is 17.4. The van der Waals surface area contributed by atoms with Gasteiger partial charge in [-0.25, -0.2) is 9.78 Å². The number of benzene rings is 2. The van der Waals surface area contributed by atoms with Crippen molar-refractivity contribution in [2.45, 2.75) is 6.61 Å². The Hall–Kier alpha value is -3.05. The van der Waals surface area contributed by atoms with Gasteiger partial charge in [-0.3, -0.25) is 0 Å². The maximum absolute atomic E-state index is 12.0. The number of hydrogen-bond acceptors (Lipinski definition) is 5. The number of ether oxygens (including phenoxy) is 3. The van der Waals surface area contributed by atoms with Crippen LogP contribution in [0.15, 0.2) is 54.6 Å². The van der Waals surface area contributed by atoms with Gasteiger partial charge in [0.25, 0.3) is 0 Å². The number of aromatic nitrogens is 1. The van der Waals surface area contributed by atoms with Gasteiger partial charge in [0.1, 0.15) is 25.0 Å². The largest absolute Gasteiger partial charge is 0.486 e. The van der Waals surface area contributed by atoms with E-state index in [9.17, 15) is 4.79 Å². The number of nitrogens with zero attached hydrogens (tertiary/aromatic N) is 1. The zero-order valence-electron chi connectivity index (χ0n) is 14.4. The number of carbonyl (C=O) groups excluding carboxylic acids is 1. The van der Waals surface area contributed by atoms with Crippen LogP contribution in [0.1, 0.15) is 11.1 Å². The van der Waals surface area contributed by atoms with Crippen molar-refractivity contribution in [3.05, 3.63) is 70.9 Å². The number of halogens is 1. The van der Waals surface area contributed by atoms with Crippen LogP contribution in [-0.2, 0) is 16.1 Å². The minimum atomic E-state index is -0.464. The third kappa shape index (κ3) is 4.04. The molecule has 27 heavy (non-hydrogen) atoms. The molecule has 0 atom stereocenters. The maximum Gasteiger partial charge on any atom is 0.331 e. The predicted molar refractivity (Wildman–Crippen MR) is 103 cm³/mol. The topological polar surface area (TPSA) is 57.7 Å². The third-order valence-corrected chi connectivity index (χ3v) is 4.43. The van der Waals surface area contributed by atoms with Gasteiger partial charge in [0, 0.05) is 17.0 Å². The molecule has 1 aromatic heterocycles. The summed E-state index contributed by atoms with van der Waals surface area (Å²) in [6.45, 7) is 1.12. The Morgan fingerprint density at radius 2 is 1.93 bits per heavy atom. The molecule has 0 fully saturated rings. The summed E-state index contributed by atoms with van der Waals surface area (Å²) in [5.41, 5.74) is 2.29. The van der Waals surface area contributed by atoms with Crippen LogP contribution in [0.3, 0.4) is 0 Å². The van der Waals surface area contributed by atoms with Gasteiger partial charge in [-0.1, -0.05) is 35.9 Å². The van der Waals surface area contributed by atoms with Crippen molar-refractivity contribution in [1.29, 1.82) is 0 Å². The van der Waals surface area contributed by atoms with Gasteiger partial charge < -0.3 is 14.2 Å². The number of fused-ring (bicyclic) bond motifs is 2. The van der Waals surface area contributed by atoms with Crippen LogP contribution in [-0.4, -0.2) is 24.2 Å². The molecule has 0 amide bonds. The molecule has 136 valence electrons. The fourth-order valence-electron chi connectivity index (χ4n) is 2.76. The molecule has 5 nitrogen and oxygen atoms in total. The first-order chi connectivity index (χ1) is 13.2. The molecule has 0 aliphatic carbocycles. The quantitative estimate of drug-likeness (QED) is 0.380. The van der Waals surface area contributed by atoms with E-state index in [2.05, 4.69) is 4.98 Å². The first-order valence-corrected chi connectivity index (χ1v) is 8.85. The van der Waals surface area contributed by atoms with E-state index in [4.69, 9.17) is 25.8 Å². The summed E-state index contributed by atoms with van der Waals surface area (Å²) in [5.74, 6) is 0.916. The molecule has 0 spiro atoms. The molecule has 2 heterocycles. The van der Waals surface area contributed by atoms with Gasteiger partial charge in [-0.2, -0.15) is 0 Å². The van der Waals surface area contributed by atoms with Crippen LogP contribution in [0.2, 0.25) is 5.15 Å². The fourth-order valence-corrected chi connectivity index (χ4v) is 2.96. The van der Waals surface area contributed by atoms with Crippen LogP contribution in [0.4, 0.5) is 0 Å². The summed E-state index contributed by atoms with van der Waals surface area (Å²) >= 11 is 6.18. The molecule has 4 rings (SSSR count). The Kier molecular flexibility index (Phi) is 4.94. The van der Waals surface area contributed by atoms with E-state index in [0.717, 1.165) is 16.5 Å². The smallest absolute Gasteiger partial charge is 0.331 e. The summed E-state index contributed by atoms with van der Waals surface area (Å²) in [5, 5.41) is 1.28. The Bertz CT molecular complexity index is 1030. The molecule has 0 bridgehead atoms. The lowest BCUT2D eigenvalue weighted by molar-refractivity contribution is -0.138. The zero-order chi connectivity index (χ0) is 18.6. The van der Waals surface area contributed by atoms with Gasteiger partial charge in [-0.15, -0.1) is 0 Å². The van der Waals surface area contributed by atoms with Crippen molar-refractivity contribution in [2.75, 3.05) is 13.2 Å². The number of carbonyl (C=O) groups is 1. The lowest BCUT2D eigenvalue weighted by Gasteiger charge is -2.18. The van der Waals surface area contributed by atoms with E-state index in [1.165, 1.54) is 6.08 Å². The number of pyridine rings is 1. The highest BCUT2D eigenvalue weighted by Crippen LogP contribution is 2.31. The summed E-state index contributed by atoms with van der Waals surface area (Å²) in [7, 11) is 0. The van der Waals surface area contributed by atoms with Crippen molar-refractivity contribution in [2.24, 2.45) is 0 Å². The average Bonchev–Trinajstić information content (AvgIpc) is 2.70. The monoisotopic (exact) mass is 381 g/mol. The van der Waals surface area contributed by atoms with Crippen LogP contribution in [0.25, 0.3) is 17.0 Å². The van der Waals surface area contributed by atoms with Crippen molar-refractivity contribution < 1.29 is 19.0 Å². The standard InChI is InChI=1S/C21H16ClNO4/c22-21-16(12-15-3-1-2-4-17(15)23-21)13-27-20(24)8-6-14-5-7-18-19(11-14)26-10-9-25-18/h1-8,11-12H,9-10,13H2/b8-6+. The first-order valence-electron chi connectivity index (χ1n) is 8.48. The summed E-state index contributed by atoms with van der Waals surface area (Å²) in [6, 6.07) is 15.0. The maximum atomic E-state index is 12.0. The van der Waals surface area contributed by atoms with Gasteiger partial charge in [-0.05, 0) is 35.9 Å². The van der Waals surface area contributed by atoms with Crippen LogP contribution >= 0.6 is 11.6 Å². The third-order valence-electron chi connectivity index (χ3n) is 4.10. The lowest BCUT2D eigenvalue weighted by atomic mass is 10.1. The molecule has 0 N–H and O–H groups in total. The Balaban J connectivity index is 1.41. The second kappa shape index (κ2) is 7.68. The SMILES string of the molecule is O=C(/C=C/c1ccc2c(c1)OCCO2)OCc1cc2ccccc2nc1Cl. The summed E-state index contributed by atoms with van der Waals surface area (Å²) < 4.78 is 16.3.